The number of H-pyrrole nitrogens is 1. The van der Waals surface area contributed by atoms with Crippen molar-refractivity contribution in [2.24, 2.45) is 0 Å². The second-order valence-electron chi connectivity index (χ2n) is 6.76. The van der Waals surface area contributed by atoms with Gasteiger partial charge in [-0.1, -0.05) is 30.0 Å². The van der Waals surface area contributed by atoms with E-state index in [-0.39, 0.29) is 11.5 Å². The second kappa shape index (κ2) is 9.76. The van der Waals surface area contributed by atoms with Crippen LogP contribution in [-0.4, -0.2) is 45.0 Å². The number of aromatic amines is 1. The maximum Gasteiger partial charge on any atom is 0.208 e. The van der Waals surface area contributed by atoms with Gasteiger partial charge in [0.25, 0.3) is 0 Å². The average Bonchev–Trinajstić information content (AvgIpc) is 3.28. The van der Waals surface area contributed by atoms with Gasteiger partial charge in [-0.2, -0.15) is 0 Å². The summed E-state index contributed by atoms with van der Waals surface area (Å²) in [6.45, 7) is 7.61. The van der Waals surface area contributed by atoms with Gasteiger partial charge in [-0.25, -0.2) is 4.98 Å². The number of rotatable bonds is 10. The molecule has 0 saturated carbocycles. The number of methoxy groups -OCH3 is 1. The zero-order valence-corrected chi connectivity index (χ0v) is 18.0. The minimum absolute atomic E-state index is 0.0641. The third-order valence-corrected chi connectivity index (χ3v) is 5.54. The first kappa shape index (κ1) is 21.1. The molecule has 0 aliphatic rings. The molecule has 0 saturated heterocycles. The molecule has 2 heterocycles. The summed E-state index contributed by atoms with van der Waals surface area (Å²) in [6.07, 6.45) is 0. The maximum absolute atomic E-state index is 12.7. The lowest BCUT2D eigenvalue weighted by atomic mass is 10.2. The minimum atomic E-state index is 0.0641. The monoisotopic (exact) mass is 414 g/mol. The van der Waals surface area contributed by atoms with E-state index in [2.05, 4.69) is 19.7 Å². The summed E-state index contributed by atoms with van der Waals surface area (Å²) in [5.74, 6) is 1.79. The molecule has 0 aliphatic heterocycles. The van der Waals surface area contributed by atoms with Crippen LogP contribution >= 0.6 is 11.8 Å². The van der Waals surface area contributed by atoms with E-state index in [0.29, 0.717) is 24.2 Å². The lowest BCUT2D eigenvalue weighted by Crippen LogP contribution is -2.09. The van der Waals surface area contributed by atoms with E-state index in [1.807, 2.05) is 51.1 Å². The van der Waals surface area contributed by atoms with Gasteiger partial charge in [0.2, 0.25) is 5.16 Å². The average molecular weight is 415 g/mol. The van der Waals surface area contributed by atoms with Crippen molar-refractivity contribution in [2.45, 2.75) is 39.1 Å². The number of hydrogen-bond donors (Lipinski definition) is 1. The summed E-state index contributed by atoms with van der Waals surface area (Å²) < 4.78 is 13.0. The molecule has 3 rings (SSSR count). The SMILES string of the molecule is COCCn1c(C)cc(C(=O)CSc2n[nH]c(COc3ccccc3C)n2)c1C. The van der Waals surface area contributed by atoms with Gasteiger partial charge in [-0.05, 0) is 38.5 Å². The van der Waals surface area contributed by atoms with Gasteiger partial charge < -0.3 is 14.0 Å². The zero-order valence-electron chi connectivity index (χ0n) is 17.2. The van der Waals surface area contributed by atoms with Crippen LogP contribution in [-0.2, 0) is 17.9 Å². The Hall–Kier alpha value is -2.58. The molecule has 0 spiro atoms. The third kappa shape index (κ3) is 5.27. The van der Waals surface area contributed by atoms with E-state index in [1.54, 1.807) is 7.11 Å². The van der Waals surface area contributed by atoms with Gasteiger partial charge in [0.15, 0.2) is 11.6 Å². The number of para-hydroxylation sites is 1. The Labute approximate surface area is 174 Å². The molecule has 0 amide bonds. The van der Waals surface area contributed by atoms with Crippen LogP contribution in [0.5, 0.6) is 5.75 Å². The van der Waals surface area contributed by atoms with Crippen molar-refractivity contribution in [1.29, 1.82) is 0 Å². The summed E-state index contributed by atoms with van der Waals surface area (Å²) in [5.41, 5.74) is 3.83. The quantitative estimate of drug-likeness (QED) is 0.402. The number of nitrogens with zero attached hydrogens (tertiary/aromatic N) is 3. The summed E-state index contributed by atoms with van der Waals surface area (Å²) in [6, 6.07) is 9.75. The molecule has 0 unspecified atom stereocenters. The number of nitrogens with one attached hydrogen (secondary N) is 1. The molecule has 3 aromatic rings. The van der Waals surface area contributed by atoms with E-state index in [1.165, 1.54) is 11.8 Å². The smallest absolute Gasteiger partial charge is 0.208 e. The fourth-order valence-electron chi connectivity index (χ4n) is 3.09. The van der Waals surface area contributed by atoms with Crippen LogP contribution in [0.3, 0.4) is 0 Å². The van der Waals surface area contributed by atoms with Crippen LogP contribution in [0.1, 0.15) is 33.1 Å². The fourth-order valence-corrected chi connectivity index (χ4v) is 3.79. The zero-order chi connectivity index (χ0) is 20.8. The molecular weight excluding hydrogens is 388 g/mol. The fraction of sp³-hybridized carbons (Fsp3) is 0.381. The van der Waals surface area contributed by atoms with Gasteiger partial charge in [0, 0.05) is 30.6 Å². The van der Waals surface area contributed by atoms with Crippen LogP contribution in [0, 0.1) is 20.8 Å². The number of Topliss-reactive ketones (excluding diaryl/α,β-unsaturated/α-hetero) is 1. The largest absolute Gasteiger partial charge is 0.485 e. The number of aryl methyl sites for hydroxylation is 2. The van der Waals surface area contributed by atoms with Gasteiger partial charge in [0.05, 0.1) is 12.4 Å². The standard InChI is InChI=1S/C21H26N4O3S/c1-14-7-5-6-8-19(14)28-12-20-22-21(24-23-20)29-13-18(26)17-11-15(2)25(16(17)3)9-10-27-4/h5-8,11H,9-10,12-13H2,1-4H3,(H,22,23,24). The molecule has 154 valence electrons. The Balaban J connectivity index is 1.55. The van der Waals surface area contributed by atoms with Crippen LogP contribution in [0.15, 0.2) is 35.5 Å². The molecule has 1 aromatic carbocycles. The first-order valence-electron chi connectivity index (χ1n) is 9.41. The number of ketones is 1. The number of benzene rings is 1. The molecule has 0 fully saturated rings. The van der Waals surface area contributed by atoms with Crippen molar-refractivity contribution < 1.29 is 14.3 Å². The summed E-state index contributed by atoms with van der Waals surface area (Å²) in [5, 5.41) is 7.58. The lowest BCUT2D eigenvalue weighted by molar-refractivity contribution is 0.102. The van der Waals surface area contributed by atoms with E-state index < -0.39 is 0 Å². The van der Waals surface area contributed by atoms with Crippen molar-refractivity contribution in [3.05, 3.63) is 58.7 Å². The van der Waals surface area contributed by atoms with Gasteiger partial charge in [-0.3, -0.25) is 9.89 Å². The molecule has 0 atom stereocenters. The Bertz CT molecular complexity index is 980. The molecule has 2 aromatic heterocycles. The molecule has 0 aliphatic carbocycles. The molecular formula is C21H26N4O3S. The highest BCUT2D eigenvalue weighted by molar-refractivity contribution is 7.99. The molecule has 29 heavy (non-hydrogen) atoms. The van der Waals surface area contributed by atoms with Gasteiger partial charge >= 0.3 is 0 Å². The van der Waals surface area contributed by atoms with Crippen molar-refractivity contribution in [3.8, 4) is 5.75 Å². The molecule has 7 nitrogen and oxygen atoms in total. The highest BCUT2D eigenvalue weighted by Crippen LogP contribution is 2.21. The van der Waals surface area contributed by atoms with Crippen LogP contribution in [0.25, 0.3) is 0 Å². The number of carbonyl (C=O) groups is 1. The van der Waals surface area contributed by atoms with Crippen LogP contribution in [0.2, 0.25) is 0 Å². The van der Waals surface area contributed by atoms with Crippen LogP contribution in [0.4, 0.5) is 0 Å². The number of hydrogen-bond acceptors (Lipinski definition) is 6. The molecule has 8 heteroatoms. The van der Waals surface area contributed by atoms with E-state index in [9.17, 15) is 4.79 Å². The van der Waals surface area contributed by atoms with E-state index in [0.717, 1.165) is 34.8 Å². The molecule has 1 N–H and O–H groups in total. The van der Waals surface area contributed by atoms with Crippen molar-refractivity contribution >= 4 is 17.5 Å². The van der Waals surface area contributed by atoms with E-state index in [4.69, 9.17) is 9.47 Å². The number of ether oxygens (including phenoxy) is 2. The highest BCUT2D eigenvalue weighted by Gasteiger charge is 2.17. The Morgan fingerprint density at radius 2 is 2.03 bits per heavy atom. The van der Waals surface area contributed by atoms with Gasteiger partial charge in [0.1, 0.15) is 12.4 Å². The first-order chi connectivity index (χ1) is 14.0. The Morgan fingerprint density at radius 3 is 2.79 bits per heavy atom. The van der Waals surface area contributed by atoms with Crippen molar-refractivity contribution in [1.82, 2.24) is 19.7 Å². The molecule has 0 bridgehead atoms. The minimum Gasteiger partial charge on any atom is -0.485 e. The summed E-state index contributed by atoms with van der Waals surface area (Å²) in [4.78, 5) is 17.1. The normalized spacial score (nSPS) is 11.0. The summed E-state index contributed by atoms with van der Waals surface area (Å²) >= 11 is 1.32. The van der Waals surface area contributed by atoms with Crippen LogP contribution < -0.4 is 4.74 Å². The predicted octanol–water partition coefficient (Wildman–Crippen LogP) is 3.73. The molecule has 0 radical (unpaired) electrons. The first-order valence-corrected chi connectivity index (χ1v) is 10.4. The number of carbonyl (C=O) groups excluding carboxylic acids is 1. The number of thioether (sulfide) groups is 1. The van der Waals surface area contributed by atoms with Crippen molar-refractivity contribution in [3.63, 3.8) is 0 Å². The predicted molar refractivity (Wildman–Crippen MR) is 113 cm³/mol. The number of aromatic nitrogens is 4. The maximum atomic E-state index is 12.7. The van der Waals surface area contributed by atoms with E-state index >= 15 is 0 Å². The van der Waals surface area contributed by atoms with Gasteiger partial charge in [-0.15, -0.1) is 5.10 Å². The summed E-state index contributed by atoms with van der Waals surface area (Å²) in [7, 11) is 1.67. The second-order valence-corrected chi connectivity index (χ2v) is 7.70. The Kier molecular flexibility index (Phi) is 7.11. The third-order valence-electron chi connectivity index (χ3n) is 4.69. The van der Waals surface area contributed by atoms with Crippen molar-refractivity contribution in [2.75, 3.05) is 19.5 Å². The lowest BCUT2D eigenvalue weighted by Gasteiger charge is -2.08. The topological polar surface area (TPSA) is 82.0 Å². The highest BCUT2D eigenvalue weighted by atomic mass is 32.2. The Morgan fingerprint density at radius 1 is 1.24 bits per heavy atom.